The van der Waals surface area contributed by atoms with E-state index in [4.69, 9.17) is 0 Å². The van der Waals surface area contributed by atoms with E-state index in [9.17, 15) is 39.5 Å². The highest BCUT2D eigenvalue weighted by molar-refractivity contribution is 4.96. The Morgan fingerprint density at radius 2 is 1.00 bits per heavy atom. The first kappa shape index (κ1) is 17.6. The molecule has 11 heteroatoms. The van der Waals surface area contributed by atoms with E-state index in [0.717, 1.165) is 0 Å². The molecule has 0 aliphatic rings. The summed E-state index contributed by atoms with van der Waals surface area (Å²) in [5.41, 5.74) is 0. The summed E-state index contributed by atoms with van der Waals surface area (Å²) >= 11 is 0. The van der Waals surface area contributed by atoms with Crippen molar-refractivity contribution in [3.8, 4) is 0 Å². The summed E-state index contributed by atoms with van der Waals surface area (Å²) in [6.07, 6.45) is -12.7. The molecule has 100 valence electrons. The number of halogens is 10. The van der Waals surface area contributed by atoms with Crippen LogP contribution in [-0.4, -0.2) is 31.2 Å². The van der Waals surface area contributed by atoms with Gasteiger partial charge in [0.25, 0.3) is 0 Å². The van der Waals surface area contributed by atoms with E-state index in [1.54, 1.807) is 0 Å². The first-order chi connectivity index (χ1) is 6.31. The van der Waals surface area contributed by atoms with Gasteiger partial charge in [0.1, 0.15) is 0 Å². The summed E-state index contributed by atoms with van der Waals surface area (Å²) in [6, 6.07) is 0. The van der Waals surface area contributed by atoms with Crippen molar-refractivity contribution in [1.29, 1.82) is 0 Å². The highest BCUT2D eigenvalue weighted by atomic mass is 19.4. The van der Waals surface area contributed by atoms with Crippen LogP contribution in [0.25, 0.3) is 0 Å². The third kappa shape index (κ3) is 2.33. The molecule has 1 nitrogen and oxygen atoms in total. The molecule has 0 saturated heterocycles. The molecule has 0 fully saturated rings. The molecular formula is C5H4F10O. The molecule has 0 aliphatic carbocycles. The maximum absolute atomic E-state index is 12.1. The number of methoxy groups -OCH3 is 1. The lowest BCUT2D eigenvalue weighted by Gasteiger charge is -2.32. The van der Waals surface area contributed by atoms with E-state index in [0.29, 0.717) is 0 Å². The van der Waals surface area contributed by atoms with E-state index in [1.165, 1.54) is 0 Å². The Labute approximate surface area is 81.5 Å². The summed E-state index contributed by atoms with van der Waals surface area (Å²) in [5, 5.41) is 0. The van der Waals surface area contributed by atoms with Gasteiger partial charge in [0, 0.05) is 7.11 Å². The topological polar surface area (TPSA) is 9.23 Å². The molecule has 0 radical (unpaired) electrons. The predicted octanol–water partition coefficient (Wildman–Crippen LogP) is 3.21. The van der Waals surface area contributed by atoms with Crippen molar-refractivity contribution in [2.45, 2.75) is 24.1 Å². The average molecular weight is 270 g/mol. The van der Waals surface area contributed by atoms with Gasteiger partial charge in [-0.1, -0.05) is 0 Å². The predicted molar refractivity (Wildman–Crippen MR) is 30.4 cm³/mol. The van der Waals surface area contributed by atoms with Gasteiger partial charge in [0.15, 0.2) is 0 Å². The van der Waals surface area contributed by atoms with Crippen LogP contribution in [0.15, 0.2) is 0 Å². The molecule has 0 rings (SSSR count). The van der Waals surface area contributed by atoms with Gasteiger partial charge < -0.3 is 4.74 Å². The van der Waals surface area contributed by atoms with Crippen LogP contribution in [0.4, 0.5) is 44.2 Å². The van der Waals surface area contributed by atoms with Crippen LogP contribution in [0.2, 0.25) is 0 Å². The van der Waals surface area contributed by atoms with E-state index in [1.807, 2.05) is 0 Å². The molecule has 0 saturated carbocycles. The van der Waals surface area contributed by atoms with Crippen LogP contribution in [0, 0.1) is 0 Å². The molecule has 0 unspecified atom stereocenters. The summed E-state index contributed by atoms with van der Waals surface area (Å²) in [7, 11) is -0.125. The van der Waals surface area contributed by atoms with Gasteiger partial charge in [0.2, 0.25) is 0 Å². The molecular weight excluding hydrogens is 266 g/mol. The maximum atomic E-state index is 12.1. The molecule has 0 aliphatic heterocycles. The normalized spacial score (nSPS) is 14.6. The fourth-order valence-corrected chi connectivity index (χ4v) is 0.489. The quantitative estimate of drug-likeness (QED) is 0.715. The Morgan fingerprint density at radius 1 is 0.688 bits per heavy atom. The Bertz CT molecular complexity index is 230. The van der Waals surface area contributed by atoms with E-state index in [-0.39, 0.29) is 11.8 Å². The zero-order valence-electron chi connectivity index (χ0n) is 7.22. The zero-order valence-corrected chi connectivity index (χ0v) is 7.22. The minimum atomic E-state index is -6.89. The second kappa shape index (κ2) is 4.26. The fraction of sp³-hybridized carbons (Fsp3) is 1.00. The monoisotopic (exact) mass is 270 g/mol. The third-order valence-electron chi connectivity index (χ3n) is 1.37. The van der Waals surface area contributed by atoms with Gasteiger partial charge in [-0.25, -0.2) is 0 Å². The van der Waals surface area contributed by atoms with Crippen LogP contribution in [-0.2, 0) is 4.74 Å². The number of hydrogen-bond donors (Lipinski definition) is 0. The smallest absolute Gasteiger partial charge is 0.319 e. The lowest BCUT2D eigenvalue weighted by molar-refractivity contribution is -0.440. The molecule has 0 aromatic rings. The molecule has 16 heavy (non-hydrogen) atoms. The van der Waals surface area contributed by atoms with Crippen molar-refractivity contribution >= 4 is 0 Å². The molecule has 0 atom stereocenters. The largest absolute Gasteiger partial charge is 0.460 e. The first-order valence-electron chi connectivity index (χ1n) is 3.06. The number of hydrogen-bond acceptors (Lipinski definition) is 1. The van der Waals surface area contributed by atoms with E-state index < -0.39 is 24.1 Å². The molecule has 0 spiro atoms. The molecule has 0 aromatic heterocycles. The molecule has 0 amide bonds. The summed E-state index contributed by atoms with van der Waals surface area (Å²) in [6.45, 7) is 0. The van der Waals surface area contributed by atoms with Crippen molar-refractivity contribution in [2.24, 2.45) is 0 Å². The van der Waals surface area contributed by atoms with Crippen LogP contribution in [0.1, 0.15) is 0 Å². The van der Waals surface area contributed by atoms with Crippen molar-refractivity contribution in [2.75, 3.05) is 7.11 Å². The van der Waals surface area contributed by atoms with Crippen molar-refractivity contribution in [1.82, 2.24) is 0 Å². The average Bonchev–Trinajstić information content (AvgIpc) is 2.01. The first-order valence-corrected chi connectivity index (χ1v) is 3.06. The van der Waals surface area contributed by atoms with E-state index in [2.05, 4.69) is 4.74 Å². The van der Waals surface area contributed by atoms with Gasteiger partial charge in [0.05, 0.1) is 0 Å². The van der Waals surface area contributed by atoms with Gasteiger partial charge in [-0.2, -0.15) is 39.5 Å². The molecule has 0 bridgehead atoms. The van der Waals surface area contributed by atoms with Gasteiger partial charge >= 0.3 is 24.1 Å². The van der Waals surface area contributed by atoms with Crippen molar-refractivity contribution in [3.63, 3.8) is 0 Å². The van der Waals surface area contributed by atoms with Gasteiger partial charge in [-0.3, -0.25) is 4.70 Å². The molecule has 0 aromatic carbocycles. The Hall–Kier alpha value is -0.740. The lowest BCUT2D eigenvalue weighted by atomic mass is 10.1. The number of ether oxygens (including phenoxy) is 1. The second-order valence-corrected chi connectivity index (χ2v) is 2.37. The highest BCUT2D eigenvalue weighted by Crippen LogP contribution is 2.53. The Balaban J connectivity index is 0. The van der Waals surface area contributed by atoms with Crippen molar-refractivity contribution in [3.05, 3.63) is 0 Å². The minimum absolute atomic E-state index is 0. The molecule has 0 N–H and O–H groups in total. The maximum Gasteiger partial charge on any atom is 0.460 e. The lowest BCUT2D eigenvalue weighted by Crippen LogP contribution is -2.61. The van der Waals surface area contributed by atoms with Crippen LogP contribution in [0.5, 0.6) is 0 Å². The van der Waals surface area contributed by atoms with E-state index >= 15 is 0 Å². The summed E-state index contributed by atoms with van der Waals surface area (Å²) < 4.78 is 109. The summed E-state index contributed by atoms with van der Waals surface area (Å²) in [4.78, 5) is 0. The Kier molecular flexibility index (Phi) is 4.70. The third-order valence-corrected chi connectivity index (χ3v) is 1.37. The van der Waals surface area contributed by atoms with Gasteiger partial charge in [-0.05, 0) is 0 Å². The van der Waals surface area contributed by atoms with Crippen LogP contribution < -0.4 is 0 Å². The Morgan fingerprint density at radius 3 is 1.19 bits per heavy atom. The van der Waals surface area contributed by atoms with Crippen LogP contribution in [0.3, 0.4) is 0 Å². The molecule has 0 heterocycles. The minimum Gasteiger partial charge on any atom is -0.319 e. The van der Waals surface area contributed by atoms with Crippen LogP contribution >= 0.6 is 0 Å². The zero-order chi connectivity index (χ0) is 12.7. The number of rotatable bonds is 3. The number of alkyl halides is 9. The van der Waals surface area contributed by atoms with Crippen molar-refractivity contribution < 1.29 is 49.0 Å². The fourth-order valence-electron chi connectivity index (χ4n) is 0.489. The highest BCUT2D eigenvalue weighted by Gasteiger charge is 2.82. The second-order valence-electron chi connectivity index (χ2n) is 2.37. The standard InChI is InChI=1S/C5H3F9O.FH/c1-15-5(13,14)3(8,9)2(6,7)4(10,11)12;/h1H3;1H. The SMILES string of the molecule is COC(F)(F)C(F)(F)C(F)(F)C(F)(F)F.F. The van der Waals surface area contributed by atoms with Gasteiger partial charge in [-0.15, -0.1) is 0 Å². The summed E-state index contributed by atoms with van der Waals surface area (Å²) in [5.74, 6) is -13.6.